The molecule has 13 heteroatoms. The number of H-pyrrole nitrogens is 1. The van der Waals surface area contributed by atoms with E-state index in [1.165, 1.54) is 0 Å². The second-order valence-corrected chi connectivity index (χ2v) is 13.5. The predicted molar refractivity (Wildman–Crippen MR) is 168 cm³/mol. The largest absolute Gasteiger partial charge is 0.461 e. The first-order valence-electron chi connectivity index (χ1n) is 16.4. The zero-order chi connectivity index (χ0) is 31.0. The maximum absolute atomic E-state index is 17.1. The highest BCUT2D eigenvalue weighted by molar-refractivity contribution is 5.99. The number of hydrogen-bond donors (Lipinski definition) is 1. The smallest absolute Gasteiger partial charge is 0.319 e. The average molecular weight is 627 g/mol. The fourth-order valence-corrected chi connectivity index (χ4v) is 8.42. The molecular formula is C33H36F2N10O. The summed E-state index contributed by atoms with van der Waals surface area (Å²) < 4.78 is 38.0. The molecule has 238 valence electrons. The highest BCUT2D eigenvalue weighted by atomic mass is 19.1. The van der Waals surface area contributed by atoms with Crippen molar-refractivity contribution in [1.29, 1.82) is 0 Å². The van der Waals surface area contributed by atoms with E-state index >= 15 is 4.39 Å². The number of rotatable bonds is 3. The number of hydrogen-bond acceptors (Lipinski definition) is 9. The van der Waals surface area contributed by atoms with E-state index in [9.17, 15) is 4.39 Å². The standard InChI is InChI=1S/C33H36F2N10O/c1-19-11-25-23(14-37-41-25)27-22(19)6-3-10-45-38-15-26(42-45)20-5-2-8-43(16-20)31-24-13-36-30(27)28(35)29(24)39-32(40-31)46-18-33-7-4-9-44(33)17-21(34)12-33/h11,13-15,20-21H,2-10,12,16-18H2,1H3,(H,37,41)/t20?,21-,33+/m1/s1. The monoisotopic (exact) mass is 626 g/mol. The van der Waals surface area contributed by atoms with Crippen LogP contribution in [0.5, 0.6) is 6.01 Å². The van der Waals surface area contributed by atoms with E-state index in [1.54, 1.807) is 17.2 Å². The minimum absolute atomic E-state index is 0.106. The third kappa shape index (κ3) is 4.45. The van der Waals surface area contributed by atoms with Gasteiger partial charge in [-0.2, -0.15) is 30.1 Å². The van der Waals surface area contributed by atoms with Crippen LogP contribution in [-0.2, 0) is 13.0 Å². The summed E-state index contributed by atoms with van der Waals surface area (Å²) in [6, 6.07) is 2.16. The topological polar surface area (TPSA) is 114 Å². The molecule has 5 aliphatic rings. The molecule has 0 aliphatic carbocycles. The van der Waals surface area contributed by atoms with Crippen LogP contribution in [0, 0.1) is 12.7 Å². The number of fused-ring (bicyclic) bond motifs is 5. The number of benzene rings is 1. The first kappa shape index (κ1) is 28.0. The zero-order valence-electron chi connectivity index (χ0n) is 25.8. The molecule has 8 bridgehead atoms. The zero-order valence-corrected chi connectivity index (χ0v) is 25.8. The number of alkyl halides is 1. The van der Waals surface area contributed by atoms with Crippen molar-refractivity contribution in [3.05, 3.63) is 47.3 Å². The maximum Gasteiger partial charge on any atom is 0.319 e. The fourth-order valence-electron chi connectivity index (χ4n) is 8.42. The molecule has 5 aliphatic heterocycles. The number of aromatic nitrogens is 8. The lowest BCUT2D eigenvalue weighted by atomic mass is 9.92. The molecule has 3 saturated heterocycles. The molecule has 3 fully saturated rings. The van der Waals surface area contributed by atoms with Gasteiger partial charge in [0.25, 0.3) is 0 Å². The Labute approximate surface area is 264 Å². The molecule has 4 aromatic heterocycles. The summed E-state index contributed by atoms with van der Waals surface area (Å²) >= 11 is 0. The van der Waals surface area contributed by atoms with Crippen LogP contribution in [-0.4, -0.2) is 89.5 Å². The van der Waals surface area contributed by atoms with Crippen LogP contribution in [0.1, 0.15) is 61.3 Å². The average Bonchev–Trinajstić information content (AvgIpc) is 3.85. The number of aryl methyl sites for hydroxylation is 2. The summed E-state index contributed by atoms with van der Waals surface area (Å²) in [6.07, 6.45) is 10.1. The summed E-state index contributed by atoms with van der Waals surface area (Å²) in [6.45, 7) is 5.65. The molecule has 0 radical (unpaired) electrons. The predicted octanol–water partition coefficient (Wildman–Crippen LogP) is 4.89. The third-order valence-corrected chi connectivity index (χ3v) is 10.7. The molecular weight excluding hydrogens is 590 g/mol. The van der Waals surface area contributed by atoms with Crippen molar-refractivity contribution in [2.45, 2.75) is 76.0 Å². The van der Waals surface area contributed by atoms with Gasteiger partial charge in [0, 0.05) is 49.1 Å². The van der Waals surface area contributed by atoms with Gasteiger partial charge in [0.05, 0.1) is 41.1 Å². The number of anilines is 1. The molecule has 0 saturated carbocycles. The maximum atomic E-state index is 17.1. The van der Waals surface area contributed by atoms with Crippen molar-refractivity contribution >= 4 is 27.6 Å². The van der Waals surface area contributed by atoms with Crippen LogP contribution in [0.2, 0.25) is 0 Å². The van der Waals surface area contributed by atoms with Gasteiger partial charge in [-0.25, -0.2) is 8.78 Å². The first-order chi connectivity index (χ1) is 22.5. The molecule has 1 unspecified atom stereocenters. The molecule has 11 nitrogen and oxygen atoms in total. The molecule has 1 aromatic carbocycles. The number of pyridine rings is 1. The molecule has 1 N–H and O–H groups in total. The Morgan fingerprint density at radius 2 is 2.00 bits per heavy atom. The van der Waals surface area contributed by atoms with Gasteiger partial charge in [-0.15, -0.1) is 0 Å². The highest BCUT2D eigenvalue weighted by Crippen LogP contribution is 2.42. The molecule has 0 amide bonds. The van der Waals surface area contributed by atoms with Gasteiger partial charge in [-0.05, 0) is 69.2 Å². The van der Waals surface area contributed by atoms with Crippen LogP contribution in [0.3, 0.4) is 0 Å². The Morgan fingerprint density at radius 1 is 1.07 bits per heavy atom. The SMILES string of the molecule is Cc1cc2[nH]ncc2c2c1CCCn1ncc(n1)C1CCCN(C1)c1nc(OC[C@@]34CCCN3C[C@H](F)C4)nc3c(F)c-2ncc13. The highest BCUT2D eigenvalue weighted by Gasteiger charge is 2.49. The Bertz CT molecular complexity index is 1980. The summed E-state index contributed by atoms with van der Waals surface area (Å²) in [4.78, 5) is 20.6. The number of piperidine rings is 1. The Morgan fingerprint density at radius 3 is 2.93 bits per heavy atom. The number of nitrogens with one attached hydrogen (secondary N) is 1. The van der Waals surface area contributed by atoms with Crippen LogP contribution in [0.25, 0.3) is 33.1 Å². The fraction of sp³-hybridized carbons (Fsp3) is 0.515. The Kier molecular flexibility index (Phi) is 6.48. The second-order valence-electron chi connectivity index (χ2n) is 13.5. The van der Waals surface area contributed by atoms with E-state index in [-0.39, 0.29) is 35.3 Å². The molecule has 46 heavy (non-hydrogen) atoms. The van der Waals surface area contributed by atoms with Crippen LogP contribution < -0.4 is 9.64 Å². The minimum atomic E-state index is -0.874. The van der Waals surface area contributed by atoms with Crippen molar-refractivity contribution in [3.8, 4) is 17.3 Å². The van der Waals surface area contributed by atoms with Crippen LogP contribution in [0.15, 0.2) is 24.7 Å². The van der Waals surface area contributed by atoms with Crippen molar-refractivity contribution in [2.24, 2.45) is 0 Å². The molecule has 5 aromatic rings. The van der Waals surface area contributed by atoms with E-state index in [1.807, 2.05) is 13.1 Å². The van der Waals surface area contributed by atoms with E-state index in [2.05, 4.69) is 31.2 Å². The summed E-state index contributed by atoms with van der Waals surface area (Å²) in [7, 11) is 0. The van der Waals surface area contributed by atoms with Crippen LogP contribution >= 0.6 is 0 Å². The number of halogens is 2. The van der Waals surface area contributed by atoms with E-state index in [0.29, 0.717) is 49.2 Å². The van der Waals surface area contributed by atoms with Crippen molar-refractivity contribution in [1.82, 2.24) is 45.0 Å². The Balaban J connectivity index is 1.23. The van der Waals surface area contributed by atoms with Crippen molar-refractivity contribution in [2.75, 3.05) is 37.7 Å². The van der Waals surface area contributed by atoms with Gasteiger partial charge in [-0.3, -0.25) is 15.0 Å². The van der Waals surface area contributed by atoms with E-state index < -0.39 is 12.0 Å². The minimum Gasteiger partial charge on any atom is -0.461 e. The molecule has 0 spiro atoms. The van der Waals surface area contributed by atoms with Gasteiger partial charge in [0.2, 0.25) is 0 Å². The molecule has 3 atom stereocenters. The van der Waals surface area contributed by atoms with E-state index in [4.69, 9.17) is 24.8 Å². The van der Waals surface area contributed by atoms with Crippen molar-refractivity contribution in [3.63, 3.8) is 0 Å². The van der Waals surface area contributed by atoms with Gasteiger partial charge in [0.1, 0.15) is 29.8 Å². The van der Waals surface area contributed by atoms with Crippen molar-refractivity contribution < 1.29 is 13.5 Å². The lowest BCUT2D eigenvalue weighted by Crippen LogP contribution is -2.43. The first-order valence-corrected chi connectivity index (χ1v) is 16.4. The lowest BCUT2D eigenvalue weighted by molar-refractivity contribution is 0.107. The normalized spacial score (nSPS) is 24.7. The summed E-state index contributed by atoms with van der Waals surface area (Å²) in [5.74, 6) is 0.239. The number of nitrogens with zero attached hydrogens (tertiary/aromatic N) is 9. The summed E-state index contributed by atoms with van der Waals surface area (Å²) in [5.41, 5.74) is 4.55. The number of aromatic amines is 1. The van der Waals surface area contributed by atoms with Crippen LogP contribution in [0.4, 0.5) is 14.6 Å². The summed E-state index contributed by atoms with van der Waals surface area (Å²) in [5, 5.41) is 18.2. The van der Waals surface area contributed by atoms with Gasteiger partial charge in [-0.1, -0.05) is 0 Å². The molecule has 9 heterocycles. The second kappa shape index (κ2) is 10.6. The molecule has 10 rings (SSSR count). The lowest BCUT2D eigenvalue weighted by Gasteiger charge is -2.34. The van der Waals surface area contributed by atoms with Gasteiger partial charge < -0.3 is 9.64 Å². The Hall–Kier alpha value is -4.26. The van der Waals surface area contributed by atoms with E-state index in [0.717, 1.165) is 72.9 Å². The quantitative estimate of drug-likeness (QED) is 0.299. The van der Waals surface area contributed by atoms with Gasteiger partial charge >= 0.3 is 6.01 Å². The van der Waals surface area contributed by atoms with Gasteiger partial charge in [0.15, 0.2) is 5.82 Å². The third-order valence-electron chi connectivity index (χ3n) is 10.7. The number of ether oxygens (including phenoxy) is 1.